The molecule has 0 radical (unpaired) electrons. The van der Waals surface area contributed by atoms with E-state index in [0.29, 0.717) is 36.9 Å². The van der Waals surface area contributed by atoms with Gasteiger partial charge in [0.15, 0.2) is 0 Å². The lowest BCUT2D eigenvalue weighted by Crippen LogP contribution is -2.40. The number of hydrogen-bond acceptors (Lipinski definition) is 7. The minimum Gasteiger partial charge on any atom is -0.378 e. The molecule has 128 valence electrons. The molecule has 10 heteroatoms. The molecule has 1 fully saturated rings. The summed E-state index contributed by atoms with van der Waals surface area (Å²) >= 11 is 1.14. The van der Waals surface area contributed by atoms with Gasteiger partial charge < -0.3 is 9.64 Å². The van der Waals surface area contributed by atoms with E-state index in [-0.39, 0.29) is 15.9 Å². The summed E-state index contributed by atoms with van der Waals surface area (Å²) in [7, 11) is -3.82. The van der Waals surface area contributed by atoms with Gasteiger partial charge in [-0.05, 0) is 25.1 Å². The van der Waals surface area contributed by atoms with Crippen LogP contribution in [0.2, 0.25) is 0 Å². The van der Waals surface area contributed by atoms with Crippen LogP contribution in [0.15, 0.2) is 29.2 Å². The number of benzene rings is 1. The van der Waals surface area contributed by atoms with E-state index >= 15 is 0 Å². The molecule has 2 heterocycles. The van der Waals surface area contributed by atoms with Crippen LogP contribution in [0.4, 0.5) is 5.13 Å². The lowest BCUT2D eigenvalue weighted by Gasteiger charge is -2.27. The van der Waals surface area contributed by atoms with Gasteiger partial charge in [0.05, 0.1) is 18.1 Å². The number of ether oxygens (including phenoxy) is 1. The van der Waals surface area contributed by atoms with Gasteiger partial charge in [0.25, 0.3) is 15.9 Å². The molecule has 0 spiro atoms. The first kappa shape index (κ1) is 16.8. The monoisotopic (exact) mass is 368 g/mol. The van der Waals surface area contributed by atoms with Crippen LogP contribution in [0, 0.1) is 6.92 Å². The van der Waals surface area contributed by atoms with Crippen molar-refractivity contribution in [3.63, 3.8) is 0 Å². The SMILES string of the molecule is Cc1nnc(NS(=O)(=O)c2cccc(C(=O)N3CCOCC3)c2)s1. The van der Waals surface area contributed by atoms with Crippen LogP contribution >= 0.6 is 11.3 Å². The number of aromatic nitrogens is 2. The standard InChI is InChI=1S/C14H16N4O4S2/c1-10-15-16-14(23-10)17-24(20,21)12-4-2-3-11(9-12)13(19)18-5-7-22-8-6-18/h2-4,9H,5-8H2,1H3,(H,16,17). The Balaban J connectivity index is 1.82. The first-order valence-corrected chi connectivity index (χ1v) is 9.56. The summed E-state index contributed by atoms with van der Waals surface area (Å²) in [4.78, 5) is 14.1. The van der Waals surface area contributed by atoms with Gasteiger partial charge in [-0.25, -0.2) is 8.42 Å². The molecule has 1 amide bonds. The second-order valence-electron chi connectivity index (χ2n) is 5.16. The Labute approximate surface area is 143 Å². The summed E-state index contributed by atoms with van der Waals surface area (Å²) in [5.74, 6) is -0.206. The molecule has 2 aromatic rings. The van der Waals surface area contributed by atoms with Gasteiger partial charge in [0.2, 0.25) is 5.13 Å². The van der Waals surface area contributed by atoms with E-state index in [2.05, 4.69) is 14.9 Å². The molecule has 0 bridgehead atoms. The van der Waals surface area contributed by atoms with E-state index in [1.807, 2.05) is 0 Å². The maximum absolute atomic E-state index is 12.5. The van der Waals surface area contributed by atoms with E-state index in [1.54, 1.807) is 24.0 Å². The van der Waals surface area contributed by atoms with Crippen molar-refractivity contribution >= 4 is 32.4 Å². The Hall–Kier alpha value is -2.04. The average Bonchev–Trinajstić information content (AvgIpc) is 2.99. The zero-order valence-electron chi connectivity index (χ0n) is 12.9. The number of nitrogens with zero attached hydrogens (tertiary/aromatic N) is 3. The van der Waals surface area contributed by atoms with Crippen LogP contribution in [0.5, 0.6) is 0 Å². The fraction of sp³-hybridized carbons (Fsp3) is 0.357. The maximum Gasteiger partial charge on any atom is 0.263 e. The maximum atomic E-state index is 12.5. The third-order valence-electron chi connectivity index (χ3n) is 3.44. The van der Waals surface area contributed by atoms with Gasteiger partial charge >= 0.3 is 0 Å². The zero-order chi connectivity index (χ0) is 17.2. The number of carbonyl (C=O) groups is 1. The molecule has 8 nitrogen and oxygen atoms in total. The molecule has 1 aromatic carbocycles. The molecule has 1 aromatic heterocycles. The van der Waals surface area contributed by atoms with Crippen molar-refractivity contribution in [3.05, 3.63) is 34.8 Å². The fourth-order valence-corrected chi connectivity index (χ4v) is 4.12. The smallest absolute Gasteiger partial charge is 0.263 e. The summed E-state index contributed by atoms with van der Waals surface area (Å²) in [6.07, 6.45) is 0. The Morgan fingerprint density at radius 3 is 2.71 bits per heavy atom. The number of amides is 1. The molecule has 1 aliphatic heterocycles. The number of sulfonamides is 1. The molecule has 3 rings (SSSR count). The Kier molecular flexibility index (Phi) is 4.78. The summed E-state index contributed by atoms with van der Waals surface area (Å²) in [5.41, 5.74) is 0.327. The fourth-order valence-electron chi connectivity index (χ4n) is 2.26. The van der Waals surface area contributed by atoms with Crippen molar-refractivity contribution in [1.29, 1.82) is 0 Å². The molecule has 24 heavy (non-hydrogen) atoms. The molecule has 0 saturated carbocycles. The average molecular weight is 368 g/mol. The highest BCUT2D eigenvalue weighted by Gasteiger charge is 2.22. The predicted molar refractivity (Wildman–Crippen MR) is 88.6 cm³/mol. The van der Waals surface area contributed by atoms with Gasteiger partial charge in [-0.15, -0.1) is 10.2 Å². The summed E-state index contributed by atoms with van der Waals surface area (Å²) in [6.45, 7) is 3.71. The number of carbonyl (C=O) groups excluding carboxylic acids is 1. The molecule has 1 N–H and O–H groups in total. The predicted octanol–water partition coefficient (Wildman–Crippen LogP) is 1.12. The van der Waals surface area contributed by atoms with Crippen molar-refractivity contribution in [2.75, 3.05) is 31.0 Å². The van der Waals surface area contributed by atoms with Crippen molar-refractivity contribution in [3.8, 4) is 0 Å². The van der Waals surface area contributed by atoms with Crippen molar-refractivity contribution in [1.82, 2.24) is 15.1 Å². The molecular weight excluding hydrogens is 352 g/mol. The van der Waals surface area contributed by atoms with Gasteiger partial charge in [-0.2, -0.15) is 0 Å². The number of hydrogen-bond donors (Lipinski definition) is 1. The van der Waals surface area contributed by atoms with Crippen molar-refractivity contribution < 1.29 is 17.9 Å². The van der Waals surface area contributed by atoms with E-state index in [4.69, 9.17) is 4.74 Å². The van der Waals surface area contributed by atoms with Crippen LogP contribution < -0.4 is 4.72 Å². The molecular formula is C14H16N4O4S2. The van der Waals surface area contributed by atoms with E-state index in [0.717, 1.165) is 11.3 Å². The topological polar surface area (TPSA) is 101 Å². The lowest BCUT2D eigenvalue weighted by molar-refractivity contribution is 0.0302. The van der Waals surface area contributed by atoms with Crippen LogP contribution in [0.1, 0.15) is 15.4 Å². The minimum absolute atomic E-state index is 0.00876. The molecule has 1 saturated heterocycles. The highest BCUT2D eigenvalue weighted by atomic mass is 32.2. The number of rotatable bonds is 4. The summed E-state index contributed by atoms with van der Waals surface area (Å²) < 4.78 is 32.5. The largest absolute Gasteiger partial charge is 0.378 e. The second-order valence-corrected chi connectivity index (χ2v) is 8.03. The normalized spacial score (nSPS) is 15.3. The molecule has 0 atom stereocenters. The van der Waals surface area contributed by atoms with Gasteiger partial charge in [0.1, 0.15) is 5.01 Å². The van der Waals surface area contributed by atoms with Crippen LogP contribution in [-0.4, -0.2) is 55.7 Å². The molecule has 0 aliphatic carbocycles. The van der Waals surface area contributed by atoms with Crippen LogP contribution in [0.3, 0.4) is 0 Å². The third kappa shape index (κ3) is 3.71. The van der Waals surface area contributed by atoms with Crippen molar-refractivity contribution in [2.45, 2.75) is 11.8 Å². The van der Waals surface area contributed by atoms with Crippen LogP contribution in [0.25, 0.3) is 0 Å². The summed E-state index contributed by atoms with van der Waals surface area (Å²) in [6, 6.07) is 5.96. The Bertz CT molecular complexity index is 844. The van der Waals surface area contributed by atoms with Gasteiger partial charge in [-0.1, -0.05) is 17.4 Å². The van der Waals surface area contributed by atoms with E-state index in [9.17, 15) is 13.2 Å². The lowest BCUT2D eigenvalue weighted by atomic mass is 10.2. The van der Waals surface area contributed by atoms with E-state index < -0.39 is 10.0 Å². The molecule has 0 unspecified atom stereocenters. The first-order valence-electron chi connectivity index (χ1n) is 7.26. The van der Waals surface area contributed by atoms with E-state index in [1.165, 1.54) is 12.1 Å². The number of morpholine rings is 1. The van der Waals surface area contributed by atoms with Gasteiger partial charge in [0, 0.05) is 18.7 Å². The number of anilines is 1. The highest BCUT2D eigenvalue weighted by Crippen LogP contribution is 2.20. The third-order valence-corrected chi connectivity index (χ3v) is 5.66. The molecule has 1 aliphatic rings. The Morgan fingerprint density at radius 1 is 1.29 bits per heavy atom. The first-order chi connectivity index (χ1) is 11.5. The van der Waals surface area contributed by atoms with Gasteiger partial charge in [-0.3, -0.25) is 9.52 Å². The number of nitrogens with one attached hydrogen (secondary N) is 1. The Morgan fingerprint density at radius 2 is 2.04 bits per heavy atom. The summed E-state index contributed by atoms with van der Waals surface area (Å²) in [5, 5.41) is 8.37. The quantitative estimate of drug-likeness (QED) is 0.868. The van der Waals surface area contributed by atoms with Crippen LogP contribution in [-0.2, 0) is 14.8 Å². The number of aryl methyl sites for hydroxylation is 1. The minimum atomic E-state index is -3.82. The zero-order valence-corrected chi connectivity index (χ0v) is 14.6. The highest BCUT2D eigenvalue weighted by molar-refractivity contribution is 7.93. The van der Waals surface area contributed by atoms with Crippen molar-refractivity contribution in [2.24, 2.45) is 0 Å². The second kappa shape index (κ2) is 6.83.